The van der Waals surface area contributed by atoms with Gasteiger partial charge in [0.15, 0.2) is 0 Å². The zero-order chi connectivity index (χ0) is 16.8. The van der Waals surface area contributed by atoms with Crippen LogP contribution in [0.4, 0.5) is 24.5 Å². The first kappa shape index (κ1) is 15.8. The van der Waals surface area contributed by atoms with Crippen LogP contribution in [0.1, 0.15) is 25.7 Å². The third-order valence-corrected chi connectivity index (χ3v) is 4.53. The van der Waals surface area contributed by atoms with E-state index in [1.807, 2.05) is 0 Å². The second-order valence-electron chi connectivity index (χ2n) is 6.12. The molecule has 1 aromatic rings. The van der Waals surface area contributed by atoms with Crippen LogP contribution >= 0.6 is 0 Å². The van der Waals surface area contributed by atoms with Crippen molar-refractivity contribution in [1.29, 1.82) is 0 Å². The number of nitrogens with zero attached hydrogens (tertiary/aromatic N) is 2. The Bertz CT molecular complexity index is 663. The van der Waals surface area contributed by atoms with Gasteiger partial charge in [-0.05, 0) is 24.6 Å². The molecule has 0 N–H and O–H groups in total. The number of benzene rings is 1. The maximum Gasteiger partial charge on any atom is 0.248 e. The van der Waals surface area contributed by atoms with E-state index in [9.17, 15) is 22.8 Å². The van der Waals surface area contributed by atoms with Crippen molar-refractivity contribution in [2.45, 2.75) is 31.6 Å². The fourth-order valence-corrected chi connectivity index (χ4v) is 3.23. The van der Waals surface area contributed by atoms with E-state index in [-0.39, 0.29) is 37.4 Å². The van der Waals surface area contributed by atoms with Gasteiger partial charge in [0, 0.05) is 38.8 Å². The minimum absolute atomic E-state index is 0.0711. The summed E-state index contributed by atoms with van der Waals surface area (Å²) in [5.41, 5.74) is 0.672. The molecule has 0 saturated heterocycles. The zero-order valence-electron chi connectivity index (χ0n) is 12.7. The molecule has 1 heterocycles. The van der Waals surface area contributed by atoms with E-state index in [1.54, 1.807) is 0 Å². The van der Waals surface area contributed by atoms with Gasteiger partial charge in [0.05, 0.1) is 11.4 Å². The highest BCUT2D eigenvalue weighted by Gasteiger charge is 2.44. The normalized spacial score (nSPS) is 23.7. The molecule has 3 rings (SSSR count). The van der Waals surface area contributed by atoms with Crippen LogP contribution in [-0.2, 0) is 9.59 Å². The summed E-state index contributed by atoms with van der Waals surface area (Å²) in [5.74, 6) is -4.77. The highest BCUT2D eigenvalue weighted by molar-refractivity contribution is 6.05. The predicted molar refractivity (Wildman–Crippen MR) is 79.1 cm³/mol. The molecule has 7 heteroatoms. The summed E-state index contributed by atoms with van der Waals surface area (Å²) >= 11 is 0. The number of hydrogen-bond donors (Lipinski definition) is 0. The van der Waals surface area contributed by atoms with Crippen molar-refractivity contribution in [3.05, 3.63) is 24.0 Å². The van der Waals surface area contributed by atoms with Crippen LogP contribution in [0.25, 0.3) is 0 Å². The maximum absolute atomic E-state index is 13.5. The molecule has 2 aliphatic rings. The zero-order valence-corrected chi connectivity index (χ0v) is 12.7. The van der Waals surface area contributed by atoms with Crippen LogP contribution in [0.3, 0.4) is 0 Å². The van der Waals surface area contributed by atoms with Gasteiger partial charge in [-0.3, -0.25) is 9.59 Å². The Hall–Kier alpha value is -2.05. The maximum atomic E-state index is 13.5. The number of halogens is 3. The molecule has 0 spiro atoms. The third kappa shape index (κ3) is 2.92. The summed E-state index contributed by atoms with van der Waals surface area (Å²) in [6.07, 6.45) is -0.570. The number of hydrogen-bond acceptors (Lipinski definition) is 2. The second-order valence-corrected chi connectivity index (χ2v) is 6.12. The van der Waals surface area contributed by atoms with E-state index in [1.165, 1.54) is 35.0 Å². The first-order valence-corrected chi connectivity index (χ1v) is 7.54. The van der Waals surface area contributed by atoms with E-state index in [0.29, 0.717) is 5.69 Å². The molecule has 0 radical (unpaired) electrons. The lowest BCUT2D eigenvalue weighted by atomic mass is 10.1. The molecule has 1 fully saturated rings. The van der Waals surface area contributed by atoms with E-state index in [4.69, 9.17) is 0 Å². The first-order valence-electron chi connectivity index (χ1n) is 7.54. The molecule has 2 amide bonds. The number of rotatable bonds is 1. The number of fused-ring (bicyclic) bond motifs is 1. The SMILES string of the molecule is CN1C(=O)CCN(C(=O)C2CCC(F)(F)C2)c2ccc(F)cc21. The molecule has 124 valence electrons. The van der Waals surface area contributed by atoms with E-state index in [2.05, 4.69) is 0 Å². The number of amides is 2. The molecule has 1 aliphatic carbocycles. The van der Waals surface area contributed by atoms with Crippen LogP contribution in [0.15, 0.2) is 18.2 Å². The summed E-state index contributed by atoms with van der Waals surface area (Å²) in [7, 11) is 1.51. The average Bonchev–Trinajstić information content (AvgIpc) is 2.81. The van der Waals surface area contributed by atoms with Crippen molar-refractivity contribution >= 4 is 23.2 Å². The lowest BCUT2D eigenvalue weighted by molar-refractivity contribution is -0.123. The number of anilines is 2. The molecule has 23 heavy (non-hydrogen) atoms. The summed E-state index contributed by atoms with van der Waals surface area (Å²) in [6, 6.07) is 3.80. The van der Waals surface area contributed by atoms with Gasteiger partial charge >= 0.3 is 0 Å². The second kappa shape index (κ2) is 5.54. The Kier molecular flexibility index (Phi) is 3.82. The monoisotopic (exact) mass is 326 g/mol. The van der Waals surface area contributed by atoms with Gasteiger partial charge < -0.3 is 9.80 Å². The Morgan fingerprint density at radius 1 is 1.30 bits per heavy atom. The van der Waals surface area contributed by atoms with Gasteiger partial charge in [-0.2, -0.15) is 0 Å². The highest BCUT2D eigenvalue weighted by atomic mass is 19.3. The van der Waals surface area contributed by atoms with E-state index < -0.39 is 30.0 Å². The van der Waals surface area contributed by atoms with Crippen molar-refractivity contribution in [2.75, 3.05) is 23.4 Å². The van der Waals surface area contributed by atoms with Crippen molar-refractivity contribution in [2.24, 2.45) is 5.92 Å². The van der Waals surface area contributed by atoms with Gasteiger partial charge in [0.1, 0.15) is 5.82 Å². The molecule has 4 nitrogen and oxygen atoms in total. The predicted octanol–water partition coefficient (Wildman–Crippen LogP) is 2.96. The van der Waals surface area contributed by atoms with Crippen molar-refractivity contribution in [3.8, 4) is 0 Å². The third-order valence-electron chi connectivity index (χ3n) is 4.53. The lowest BCUT2D eigenvalue weighted by Crippen LogP contribution is -2.36. The van der Waals surface area contributed by atoms with Gasteiger partial charge in [-0.15, -0.1) is 0 Å². The van der Waals surface area contributed by atoms with Crippen molar-refractivity contribution in [1.82, 2.24) is 0 Å². The van der Waals surface area contributed by atoms with Gasteiger partial charge in [-0.25, -0.2) is 13.2 Å². The molecular weight excluding hydrogens is 309 g/mol. The molecular formula is C16H17F3N2O2. The smallest absolute Gasteiger partial charge is 0.248 e. The first-order chi connectivity index (χ1) is 10.8. The summed E-state index contributed by atoms with van der Waals surface area (Å²) in [4.78, 5) is 27.3. The lowest BCUT2D eigenvalue weighted by Gasteiger charge is -2.26. The summed E-state index contributed by atoms with van der Waals surface area (Å²) < 4.78 is 40.3. The Morgan fingerprint density at radius 3 is 2.70 bits per heavy atom. The number of alkyl halides is 2. The highest BCUT2D eigenvalue weighted by Crippen LogP contribution is 2.41. The molecule has 0 bridgehead atoms. The van der Waals surface area contributed by atoms with Crippen LogP contribution in [-0.4, -0.2) is 31.3 Å². The van der Waals surface area contributed by atoms with Gasteiger partial charge in [-0.1, -0.05) is 0 Å². The molecule has 1 unspecified atom stereocenters. The number of carbonyl (C=O) groups excluding carboxylic acids is 2. The van der Waals surface area contributed by atoms with E-state index >= 15 is 0 Å². The number of carbonyl (C=O) groups is 2. The summed E-state index contributed by atoms with van der Waals surface area (Å²) in [5, 5.41) is 0. The standard InChI is InChI=1S/C16H17F3N2O2/c1-20-13-8-11(17)2-3-12(13)21(7-5-14(20)22)15(23)10-4-6-16(18,19)9-10/h2-3,8,10H,4-7,9H2,1H3. The molecule has 1 atom stereocenters. The topological polar surface area (TPSA) is 40.6 Å². The van der Waals surface area contributed by atoms with Crippen LogP contribution < -0.4 is 9.80 Å². The van der Waals surface area contributed by atoms with Crippen LogP contribution in [0, 0.1) is 11.7 Å². The Morgan fingerprint density at radius 2 is 2.04 bits per heavy atom. The quantitative estimate of drug-likeness (QED) is 0.796. The van der Waals surface area contributed by atoms with Crippen LogP contribution in [0.2, 0.25) is 0 Å². The molecule has 1 aromatic carbocycles. The molecule has 1 aliphatic heterocycles. The average molecular weight is 326 g/mol. The van der Waals surface area contributed by atoms with Crippen LogP contribution in [0.5, 0.6) is 0 Å². The minimum Gasteiger partial charge on any atom is -0.313 e. The Labute approximate surface area is 131 Å². The largest absolute Gasteiger partial charge is 0.313 e. The van der Waals surface area contributed by atoms with E-state index in [0.717, 1.165) is 0 Å². The fourth-order valence-electron chi connectivity index (χ4n) is 3.23. The fraction of sp³-hybridized carbons (Fsp3) is 0.500. The van der Waals surface area contributed by atoms with Crippen molar-refractivity contribution in [3.63, 3.8) is 0 Å². The molecule has 0 aromatic heterocycles. The van der Waals surface area contributed by atoms with Crippen molar-refractivity contribution < 1.29 is 22.8 Å². The minimum atomic E-state index is -2.82. The van der Waals surface area contributed by atoms with Gasteiger partial charge in [0.2, 0.25) is 17.7 Å². The molecule has 1 saturated carbocycles. The van der Waals surface area contributed by atoms with Gasteiger partial charge in [0.25, 0.3) is 0 Å². The Balaban J connectivity index is 1.95. The summed E-state index contributed by atoms with van der Waals surface area (Å²) in [6.45, 7) is 0.114.